The van der Waals surface area contributed by atoms with Crippen molar-refractivity contribution in [1.82, 2.24) is 10.2 Å². The SMILES string of the molecule is CCN(CC(NC)(C(=O)OC)c1ccccc1)C(C)C. The van der Waals surface area contributed by atoms with Crippen molar-refractivity contribution in [2.45, 2.75) is 32.4 Å². The number of hydrogen-bond donors (Lipinski definition) is 1. The molecule has 0 aromatic heterocycles. The third-order valence-electron chi connectivity index (χ3n) is 3.80. The Bertz CT molecular complexity index is 420. The molecule has 0 aliphatic rings. The summed E-state index contributed by atoms with van der Waals surface area (Å²) in [6, 6.07) is 10.1. The van der Waals surface area contributed by atoms with E-state index in [1.165, 1.54) is 7.11 Å². The third kappa shape index (κ3) is 3.38. The van der Waals surface area contributed by atoms with Gasteiger partial charge < -0.3 is 10.1 Å². The first-order chi connectivity index (χ1) is 9.51. The van der Waals surface area contributed by atoms with Gasteiger partial charge in [-0.15, -0.1) is 0 Å². The number of carbonyl (C=O) groups is 1. The van der Waals surface area contributed by atoms with E-state index in [1.807, 2.05) is 30.3 Å². The number of likely N-dealkylation sites (N-methyl/N-ethyl adjacent to an activating group) is 2. The van der Waals surface area contributed by atoms with Crippen LogP contribution in [0.3, 0.4) is 0 Å². The lowest BCUT2D eigenvalue weighted by molar-refractivity contribution is -0.150. The molecule has 1 aromatic rings. The minimum atomic E-state index is -0.837. The van der Waals surface area contributed by atoms with Gasteiger partial charge in [0.05, 0.1) is 7.11 Å². The molecular weight excluding hydrogens is 252 g/mol. The van der Waals surface area contributed by atoms with Gasteiger partial charge in [-0.3, -0.25) is 4.90 Å². The van der Waals surface area contributed by atoms with Crippen molar-refractivity contribution in [3.63, 3.8) is 0 Å². The molecule has 0 radical (unpaired) electrons. The number of ether oxygens (including phenoxy) is 1. The molecule has 0 aliphatic carbocycles. The summed E-state index contributed by atoms with van der Waals surface area (Å²) in [7, 11) is 3.24. The number of nitrogens with one attached hydrogen (secondary N) is 1. The fourth-order valence-corrected chi connectivity index (χ4v) is 2.46. The Kier molecular flexibility index (Phi) is 6.17. The van der Waals surface area contributed by atoms with Gasteiger partial charge in [-0.05, 0) is 33.0 Å². The lowest BCUT2D eigenvalue weighted by atomic mass is 9.88. The number of nitrogens with zero attached hydrogens (tertiary/aromatic N) is 1. The van der Waals surface area contributed by atoms with Gasteiger partial charge >= 0.3 is 5.97 Å². The molecule has 0 heterocycles. The molecule has 20 heavy (non-hydrogen) atoms. The highest BCUT2D eigenvalue weighted by molar-refractivity contribution is 5.83. The van der Waals surface area contributed by atoms with Crippen LogP contribution in [0.4, 0.5) is 0 Å². The van der Waals surface area contributed by atoms with Crippen molar-refractivity contribution in [1.29, 1.82) is 0 Å². The Balaban J connectivity index is 3.23. The smallest absolute Gasteiger partial charge is 0.332 e. The van der Waals surface area contributed by atoms with Crippen LogP contribution in [-0.4, -0.2) is 44.2 Å². The molecule has 0 saturated carbocycles. The van der Waals surface area contributed by atoms with Gasteiger partial charge in [0.25, 0.3) is 0 Å². The molecular formula is C16H26N2O2. The summed E-state index contributed by atoms with van der Waals surface area (Å²) in [5.41, 5.74) is 0.0875. The van der Waals surface area contributed by atoms with Gasteiger partial charge in [0, 0.05) is 12.6 Å². The van der Waals surface area contributed by atoms with Crippen molar-refractivity contribution in [2.75, 3.05) is 27.2 Å². The van der Waals surface area contributed by atoms with E-state index in [0.29, 0.717) is 12.6 Å². The summed E-state index contributed by atoms with van der Waals surface area (Å²) in [4.78, 5) is 14.7. The number of benzene rings is 1. The van der Waals surface area contributed by atoms with Crippen molar-refractivity contribution in [2.24, 2.45) is 0 Å². The minimum Gasteiger partial charge on any atom is -0.467 e. The highest BCUT2D eigenvalue weighted by atomic mass is 16.5. The molecule has 1 atom stereocenters. The highest BCUT2D eigenvalue weighted by Gasteiger charge is 2.41. The van der Waals surface area contributed by atoms with Gasteiger partial charge in [0.15, 0.2) is 5.54 Å². The number of esters is 1. The van der Waals surface area contributed by atoms with Crippen LogP contribution in [0.25, 0.3) is 0 Å². The Morgan fingerprint density at radius 3 is 2.35 bits per heavy atom. The van der Waals surface area contributed by atoms with Gasteiger partial charge in [0.2, 0.25) is 0 Å². The van der Waals surface area contributed by atoms with E-state index in [1.54, 1.807) is 7.05 Å². The second-order valence-corrected chi connectivity index (χ2v) is 5.17. The van der Waals surface area contributed by atoms with E-state index >= 15 is 0 Å². The highest BCUT2D eigenvalue weighted by Crippen LogP contribution is 2.24. The molecule has 0 saturated heterocycles. The molecule has 0 aliphatic heterocycles. The first-order valence-electron chi connectivity index (χ1n) is 7.08. The molecule has 0 amide bonds. The van der Waals surface area contributed by atoms with Crippen molar-refractivity contribution in [3.8, 4) is 0 Å². The van der Waals surface area contributed by atoms with E-state index in [-0.39, 0.29) is 5.97 Å². The molecule has 0 fully saturated rings. The van der Waals surface area contributed by atoms with Crippen molar-refractivity contribution in [3.05, 3.63) is 35.9 Å². The Morgan fingerprint density at radius 2 is 1.95 bits per heavy atom. The van der Waals surface area contributed by atoms with E-state index in [4.69, 9.17) is 4.74 Å². The topological polar surface area (TPSA) is 41.6 Å². The van der Waals surface area contributed by atoms with E-state index in [2.05, 4.69) is 31.0 Å². The van der Waals surface area contributed by atoms with E-state index in [9.17, 15) is 4.79 Å². The van der Waals surface area contributed by atoms with Crippen LogP contribution >= 0.6 is 0 Å². The quantitative estimate of drug-likeness (QED) is 0.775. The summed E-state index contributed by atoms with van der Waals surface area (Å²) >= 11 is 0. The molecule has 4 heteroatoms. The largest absolute Gasteiger partial charge is 0.467 e. The van der Waals surface area contributed by atoms with Crippen LogP contribution in [0.1, 0.15) is 26.3 Å². The van der Waals surface area contributed by atoms with Crippen LogP contribution in [0.5, 0.6) is 0 Å². The second-order valence-electron chi connectivity index (χ2n) is 5.17. The van der Waals surface area contributed by atoms with Crippen LogP contribution in [0.2, 0.25) is 0 Å². The maximum atomic E-state index is 12.4. The summed E-state index contributed by atoms with van der Waals surface area (Å²) in [5, 5.41) is 3.19. The Hall–Kier alpha value is -1.39. The molecule has 1 N–H and O–H groups in total. The molecule has 1 rings (SSSR count). The normalized spacial score (nSPS) is 14.3. The van der Waals surface area contributed by atoms with Gasteiger partial charge in [-0.25, -0.2) is 4.79 Å². The van der Waals surface area contributed by atoms with Crippen LogP contribution in [0, 0.1) is 0 Å². The Labute approximate surface area is 122 Å². The van der Waals surface area contributed by atoms with Gasteiger partial charge in [0.1, 0.15) is 0 Å². The second kappa shape index (κ2) is 7.41. The number of rotatable bonds is 7. The molecule has 0 spiro atoms. The lowest BCUT2D eigenvalue weighted by Gasteiger charge is -2.37. The molecule has 0 bridgehead atoms. The number of carbonyl (C=O) groups excluding carboxylic acids is 1. The fourth-order valence-electron chi connectivity index (χ4n) is 2.46. The average molecular weight is 278 g/mol. The molecule has 1 unspecified atom stereocenters. The fraction of sp³-hybridized carbons (Fsp3) is 0.562. The van der Waals surface area contributed by atoms with Crippen molar-refractivity contribution >= 4 is 5.97 Å². The molecule has 4 nitrogen and oxygen atoms in total. The first kappa shape index (κ1) is 16.7. The average Bonchev–Trinajstić information content (AvgIpc) is 2.48. The van der Waals surface area contributed by atoms with E-state index < -0.39 is 5.54 Å². The number of methoxy groups -OCH3 is 1. The lowest BCUT2D eigenvalue weighted by Crippen LogP contribution is -2.56. The van der Waals surface area contributed by atoms with Crippen LogP contribution in [-0.2, 0) is 15.1 Å². The standard InChI is InChI=1S/C16H26N2O2/c1-6-18(13(2)3)12-16(17-4,15(19)20-5)14-10-8-7-9-11-14/h7-11,13,17H,6,12H2,1-5H3. The Morgan fingerprint density at radius 1 is 1.35 bits per heavy atom. The number of hydrogen-bond acceptors (Lipinski definition) is 4. The van der Waals surface area contributed by atoms with E-state index in [0.717, 1.165) is 12.1 Å². The summed E-state index contributed by atoms with van der Waals surface area (Å²) in [5.74, 6) is -0.259. The summed E-state index contributed by atoms with van der Waals surface area (Å²) in [6.45, 7) is 7.82. The maximum absolute atomic E-state index is 12.4. The predicted molar refractivity (Wildman–Crippen MR) is 81.6 cm³/mol. The predicted octanol–water partition coefficient (Wildman–Crippen LogP) is 2.00. The van der Waals surface area contributed by atoms with Crippen LogP contribution < -0.4 is 5.32 Å². The minimum absolute atomic E-state index is 0.259. The van der Waals surface area contributed by atoms with Crippen LogP contribution in [0.15, 0.2) is 30.3 Å². The summed E-state index contributed by atoms with van der Waals surface area (Å²) < 4.78 is 5.06. The zero-order valence-electron chi connectivity index (χ0n) is 13.1. The third-order valence-corrected chi connectivity index (χ3v) is 3.80. The maximum Gasteiger partial charge on any atom is 0.332 e. The monoisotopic (exact) mass is 278 g/mol. The van der Waals surface area contributed by atoms with Gasteiger partial charge in [-0.1, -0.05) is 37.3 Å². The molecule has 1 aromatic carbocycles. The first-order valence-corrected chi connectivity index (χ1v) is 7.08. The molecule has 112 valence electrons. The summed E-state index contributed by atoms with van der Waals surface area (Å²) in [6.07, 6.45) is 0. The zero-order valence-corrected chi connectivity index (χ0v) is 13.1. The van der Waals surface area contributed by atoms with Gasteiger partial charge in [-0.2, -0.15) is 0 Å². The van der Waals surface area contributed by atoms with Crippen molar-refractivity contribution < 1.29 is 9.53 Å². The zero-order chi connectivity index (χ0) is 15.2.